The van der Waals surface area contributed by atoms with Gasteiger partial charge in [0.2, 0.25) is 11.8 Å². The molecule has 0 saturated heterocycles. The first kappa shape index (κ1) is 46.5. The topological polar surface area (TPSA) is 142 Å². The van der Waals surface area contributed by atoms with Gasteiger partial charge in [0, 0.05) is 12.8 Å². The Morgan fingerprint density at radius 2 is 1.14 bits per heavy atom. The molecule has 0 rings (SSSR count). The molecule has 2 amide bonds. The second-order valence-corrected chi connectivity index (χ2v) is 12.6. The minimum atomic E-state index is -1.39. The molecule has 0 aromatic carbocycles. The Labute approximate surface area is 302 Å². The van der Waals surface area contributed by atoms with Gasteiger partial charge in [-0.25, -0.2) is 4.79 Å². The highest BCUT2D eigenvalue weighted by atomic mass is 16.5. The predicted octanol–water partition coefficient (Wildman–Crippen LogP) is 8.59. The molecule has 0 aromatic rings. The van der Waals surface area contributed by atoms with Crippen molar-refractivity contribution in [2.75, 3.05) is 13.2 Å². The number of ether oxygens (including phenoxy) is 1. The Morgan fingerprint density at radius 1 is 0.620 bits per heavy atom. The molecular weight excluding hydrogens is 632 g/mol. The number of carboxylic acids is 1. The Morgan fingerprint density at radius 3 is 1.68 bits per heavy atom. The molecule has 0 radical (unpaired) electrons. The van der Waals surface area contributed by atoms with E-state index in [9.17, 15) is 19.2 Å². The Kier molecular flexibility index (Phi) is 32.9. The Hall–Kier alpha value is -3.46. The van der Waals surface area contributed by atoms with Crippen LogP contribution in [-0.2, 0) is 23.9 Å². The van der Waals surface area contributed by atoms with Crippen molar-refractivity contribution in [1.29, 1.82) is 0 Å². The molecule has 9 heteroatoms. The van der Waals surface area contributed by atoms with Gasteiger partial charge >= 0.3 is 11.9 Å². The summed E-state index contributed by atoms with van der Waals surface area (Å²) in [5.41, 5.74) is 0. The van der Waals surface area contributed by atoms with Crippen LogP contribution in [0, 0.1) is 0 Å². The lowest BCUT2D eigenvalue weighted by atomic mass is 10.0. The van der Waals surface area contributed by atoms with Crippen LogP contribution in [0.5, 0.6) is 0 Å². The summed E-state index contributed by atoms with van der Waals surface area (Å²) in [7, 11) is 0. The number of hydrogen-bond acceptors (Lipinski definition) is 6. The van der Waals surface area contributed by atoms with Gasteiger partial charge in [0.15, 0.2) is 0 Å². The summed E-state index contributed by atoms with van der Waals surface area (Å²) in [6.45, 7) is 3.29. The highest BCUT2D eigenvalue weighted by Gasteiger charge is 2.19. The fourth-order valence-corrected chi connectivity index (χ4v) is 5.10. The third kappa shape index (κ3) is 31.8. The molecule has 0 aliphatic carbocycles. The van der Waals surface area contributed by atoms with Gasteiger partial charge in [-0.15, -0.1) is 0 Å². The molecule has 0 fully saturated rings. The first-order valence-corrected chi connectivity index (χ1v) is 19.2. The molecule has 0 bridgehead atoms. The standard InChI is InChI=1S/C41H68N2O7/c1-3-5-7-9-11-12-13-14-15-16-17-18-19-20-21-23-29-33-40(47)50-36(30-26-22-10-8-6-4-2)31-27-24-25-28-32-38(45)42-34-39(46)43-37(35-44)41(48)49/h5,7,11-12,14-15,17-18,20-21,36-37,44H,3-4,6,8-10,13,16,19,22-35H2,1-2H3,(H,42,45)(H,43,46)(H,48,49)/b7-5-,12-11-,15-14-,18-17-,21-20-. The number of nitrogens with one attached hydrogen (secondary N) is 2. The molecule has 0 aliphatic rings. The van der Waals surface area contributed by atoms with E-state index in [1.807, 2.05) is 0 Å². The maximum atomic E-state index is 12.6. The smallest absolute Gasteiger partial charge is 0.328 e. The fourth-order valence-electron chi connectivity index (χ4n) is 5.10. The second-order valence-electron chi connectivity index (χ2n) is 12.6. The molecular formula is C41H68N2O7. The van der Waals surface area contributed by atoms with Gasteiger partial charge in [-0.05, 0) is 77.0 Å². The molecule has 2 atom stereocenters. The predicted molar refractivity (Wildman–Crippen MR) is 204 cm³/mol. The largest absolute Gasteiger partial charge is 0.480 e. The third-order valence-corrected chi connectivity index (χ3v) is 8.03. The van der Waals surface area contributed by atoms with Gasteiger partial charge in [0.05, 0.1) is 13.2 Å². The van der Waals surface area contributed by atoms with Crippen molar-refractivity contribution >= 4 is 23.8 Å². The van der Waals surface area contributed by atoms with Crippen LogP contribution in [0.4, 0.5) is 0 Å². The molecule has 0 aromatic heterocycles. The summed E-state index contributed by atoms with van der Waals surface area (Å²) in [6, 6.07) is -1.39. The summed E-state index contributed by atoms with van der Waals surface area (Å²) in [4.78, 5) is 47.3. The SMILES string of the molecule is CC/C=C\C/C=C\C/C=C\C/C=C\C/C=C\CCCC(=O)OC(CCCCCCCC)CCCCCCC(=O)NCC(=O)NC(CO)C(=O)O. The number of carbonyl (C=O) groups excluding carboxylic acids is 3. The number of aliphatic carboxylic acids is 1. The van der Waals surface area contributed by atoms with E-state index in [0.717, 1.165) is 89.9 Å². The summed E-state index contributed by atoms with van der Waals surface area (Å²) in [6.07, 6.45) is 41.1. The average Bonchev–Trinajstić information content (AvgIpc) is 3.10. The summed E-state index contributed by atoms with van der Waals surface area (Å²) in [5.74, 6) is -2.41. The maximum absolute atomic E-state index is 12.6. The van der Waals surface area contributed by atoms with E-state index < -0.39 is 24.5 Å². The number of aliphatic hydroxyl groups excluding tert-OH is 1. The summed E-state index contributed by atoms with van der Waals surface area (Å²) < 4.78 is 5.91. The molecule has 0 spiro atoms. The monoisotopic (exact) mass is 701 g/mol. The quantitative estimate of drug-likeness (QED) is 0.0305. The zero-order valence-electron chi connectivity index (χ0n) is 31.1. The number of aliphatic hydroxyl groups is 1. The van der Waals surface area contributed by atoms with Crippen LogP contribution >= 0.6 is 0 Å². The minimum absolute atomic E-state index is 0.0715. The lowest BCUT2D eigenvalue weighted by Crippen LogP contribution is -2.47. The van der Waals surface area contributed by atoms with Gasteiger partial charge in [-0.2, -0.15) is 0 Å². The highest BCUT2D eigenvalue weighted by molar-refractivity contribution is 5.87. The number of carboxylic acid groups (broad SMARTS) is 1. The molecule has 50 heavy (non-hydrogen) atoms. The van der Waals surface area contributed by atoms with Gasteiger partial charge < -0.3 is 25.6 Å². The van der Waals surface area contributed by atoms with Crippen molar-refractivity contribution in [3.63, 3.8) is 0 Å². The normalized spacial score (nSPS) is 13.2. The van der Waals surface area contributed by atoms with Gasteiger partial charge in [0.25, 0.3) is 0 Å². The van der Waals surface area contributed by atoms with Crippen molar-refractivity contribution in [2.24, 2.45) is 0 Å². The summed E-state index contributed by atoms with van der Waals surface area (Å²) in [5, 5.41) is 22.5. The molecule has 284 valence electrons. The van der Waals surface area contributed by atoms with Crippen LogP contribution in [0.3, 0.4) is 0 Å². The average molecular weight is 701 g/mol. The first-order chi connectivity index (χ1) is 24.3. The molecule has 0 saturated carbocycles. The molecule has 4 N–H and O–H groups in total. The van der Waals surface area contributed by atoms with Crippen molar-refractivity contribution in [2.45, 2.75) is 161 Å². The number of rotatable bonds is 33. The van der Waals surface area contributed by atoms with E-state index in [-0.39, 0.29) is 30.9 Å². The van der Waals surface area contributed by atoms with Crippen LogP contribution in [0.1, 0.15) is 149 Å². The summed E-state index contributed by atoms with van der Waals surface area (Å²) >= 11 is 0. The first-order valence-electron chi connectivity index (χ1n) is 19.2. The Bertz CT molecular complexity index is 1030. The lowest BCUT2D eigenvalue weighted by Gasteiger charge is -2.18. The maximum Gasteiger partial charge on any atom is 0.328 e. The number of unbranched alkanes of at least 4 members (excludes halogenated alkanes) is 9. The van der Waals surface area contributed by atoms with E-state index in [1.54, 1.807) is 0 Å². The van der Waals surface area contributed by atoms with E-state index in [4.69, 9.17) is 14.9 Å². The van der Waals surface area contributed by atoms with Crippen LogP contribution in [0.2, 0.25) is 0 Å². The lowest BCUT2D eigenvalue weighted by molar-refractivity contribution is -0.150. The zero-order valence-corrected chi connectivity index (χ0v) is 31.1. The van der Waals surface area contributed by atoms with E-state index >= 15 is 0 Å². The van der Waals surface area contributed by atoms with Crippen LogP contribution in [0.25, 0.3) is 0 Å². The van der Waals surface area contributed by atoms with Crippen molar-refractivity contribution in [3.05, 3.63) is 60.8 Å². The second kappa shape index (κ2) is 35.4. The fraction of sp³-hybridized carbons (Fsp3) is 0.659. The number of esters is 1. The number of amides is 2. The molecule has 9 nitrogen and oxygen atoms in total. The van der Waals surface area contributed by atoms with Gasteiger partial charge in [-0.3, -0.25) is 14.4 Å². The van der Waals surface area contributed by atoms with Crippen LogP contribution in [0.15, 0.2) is 60.8 Å². The zero-order chi connectivity index (χ0) is 36.9. The molecule has 0 heterocycles. The third-order valence-electron chi connectivity index (χ3n) is 8.03. The van der Waals surface area contributed by atoms with E-state index in [1.165, 1.54) is 25.7 Å². The molecule has 0 aliphatic heterocycles. The van der Waals surface area contributed by atoms with Crippen LogP contribution in [-0.4, -0.2) is 59.3 Å². The number of carbonyl (C=O) groups is 4. The highest BCUT2D eigenvalue weighted by Crippen LogP contribution is 2.18. The van der Waals surface area contributed by atoms with Gasteiger partial charge in [0.1, 0.15) is 12.1 Å². The Balaban J connectivity index is 4.28. The number of hydrogen-bond donors (Lipinski definition) is 4. The van der Waals surface area contributed by atoms with Crippen molar-refractivity contribution in [1.82, 2.24) is 10.6 Å². The van der Waals surface area contributed by atoms with E-state index in [0.29, 0.717) is 12.8 Å². The van der Waals surface area contributed by atoms with Crippen molar-refractivity contribution in [3.8, 4) is 0 Å². The minimum Gasteiger partial charge on any atom is -0.480 e. The van der Waals surface area contributed by atoms with Gasteiger partial charge in [-0.1, -0.05) is 120 Å². The van der Waals surface area contributed by atoms with E-state index in [2.05, 4.69) is 85.2 Å². The van der Waals surface area contributed by atoms with Crippen molar-refractivity contribution < 1.29 is 34.1 Å². The van der Waals surface area contributed by atoms with Crippen LogP contribution < -0.4 is 10.6 Å². The number of allylic oxidation sites excluding steroid dienone is 10. The molecule has 2 unspecified atom stereocenters.